The van der Waals surface area contributed by atoms with Crippen LogP contribution in [0.4, 0.5) is 5.82 Å². The van der Waals surface area contributed by atoms with Crippen molar-refractivity contribution in [2.45, 2.75) is 26.3 Å². The van der Waals surface area contributed by atoms with Crippen LogP contribution >= 0.6 is 11.6 Å². The Hall–Kier alpha value is -1.62. The van der Waals surface area contributed by atoms with Gasteiger partial charge in [-0.25, -0.2) is 15.0 Å². The summed E-state index contributed by atoms with van der Waals surface area (Å²) < 4.78 is 0. The van der Waals surface area contributed by atoms with Crippen LogP contribution in [0.5, 0.6) is 0 Å². The van der Waals surface area contributed by atoms with Gasteiger partial charge in [0.05, 0.1) is 6.04 Å². The first-order chi connectivity index (χ1) is 8.19. The van der Waals surface area contributed by atoms with E-state index in [1.807, 2.05) is 13.0 Å². The number of anilines is 1. The lowest BCUT2D eigenvalue weighted by Gasteiger charge is -2.15. The number of nitrogens with zero attached hydrogens (tertiary/aromatic N) is 3. The van der Waals surface area contributed by atoms with Gasteiger partial charge in [0, 0.05) is 24.2 Å². The lowest BCUT2D eigenvalue weighted by Crippen LogP contribution is -2.12. The summed E-state index contributed by atoms with van der Waals surface area (Å²) in [7, 11) is 0. The number of hydrogen-bond acceptors (Lipinski definition) is 4. The van der Waals surface area contributed by atoms with E-state index < -0.39 is 0 Å². The molecule has 0 aromatic carbocycles. The molecule has 0 aliphatic carbocycles. The Morgan fingerprint density at radius 1 is 1.47 bits per heavy atom. The Labute approximate surface area is 105 Å². The second kappa shape index (κ2) is 5.14. The SMILES string of the molecule is CCC(Nc1cc(C)nc(Cl)n1)c1ncc[nH]1. The molecule has 17 heavy (non-hydrogen) atoms. The molecule has 6 heteroatoms. The zero-order valence-electron chi connectivity index (χ0n) is 9.74. The number of rotatable bonds is 4. The predicted octanol–water partition coefficient (Wildman–Crippen LogP) is 2.72. The molecule has 0 fully saturated rings. The molecule has 0 saturated carbocycles. The molecular weight excluding hydrogens is 238 g/mol. The van der Waals surface area contributed by atoms with Gasteiger partial charge in [-0.3, -0.25) is 0 Å². The van der Waals surface area contributed by atoms with Gasteiger partial charge in [-0.1, -0.05) is 6.92 Å². The summed E-state index contributed by atoms with van der Waals surface area (Å²) in [5.41, 5.74) is 0.835. The molecule has 90 valence electrons. The fourth-order valence-corrected chi connectivity index (χ4v) is 1.84. The van der Waals surface area contributed by atoms with E-state index in [2.05, 4.69) is 32.2 Å². The predicted molar refractivity (Wildman–Crippen MR) is 67.0 cm³/mol. The van der Waals surface area contributed by atoms with E-state index >= 15 is 0 Å². The normalized spacial score (nSPS) is 12.4. The second-order valence-corrected chi connectivity index (χ2v) is 4.08. The zero-order valence-corrected chi connectivity index (χ0v) is 10.5. The number of aromatic nitrogens is 4. The van der Waals surface area contributed by atoms with Crippen LogP contribution in [0, 0.1) is 6.92 Å². The Bertz CT molecular complexity index is 462. The maximum Gasteiger partial charge on any atom is 0.224 e. The molecule has 2 aromatic rings. The molecule has 0 aliphatic heterocycles. The Kier molecular flexibility index (Phi) is 3.58. The van der Waals surface area contributed by atoms with Crippen LogP contribution < -0.4 is 5.32 Å². The van der Waals surface area contributed by atoms with E-state index in [9.17, 15) is 0 Å². The highest BCUT2D eigenvalue weighted by Gasteiger charge is 2.12. The van der Waals surface area contributed by atoms with E-state index in [1.54, 1.807) is 12.4 Å². The molecule has 5 nitrogen and oxygen atoms in total. The van der Waals surface area contributed by atoms with Gasteiger partial charge in [-0.05, 0) is 24.9 Å². The van der Waals surface area contributed by atoms with Gasteiger partial charge in [0.15, 0.2) is 0 Å². The third-order valence-corrected chi connectivity index (χ3v) is 2.58. The summed E-state index contributed by atoms with van der Waals surface area (Å²) in [5, 5.41) is 3.54. The van der Waals surface area contributed by atoms with E-state index in [4.69, 9.17) is 11.6 Å². The van der Waals surface area contributed by atoms with Gasteiger partial charge in [-0.15, -0.1) is 0 Å². The van der Waals surface area contributed by atoms with Crippen molar-refractivity contribution in [3.8, 4) is 0 Å². The van der Waals surface area contributed by atoms with Gasteiger partial charge in [-0.2, -0.15) is 0 Å². The zero-order chi connectivity index (χ0) is 12.3. The minimum absolute atomic E-state index is 0.0929. The van der Waals surface area contributed by atoms with E-state index in [0.717, 1.165) is 17.9 Å². The summed E-state index contributed by atoms with van der Waals surface area (Å²) >= 11 is 5.82. The van der Waals surface area contributed by atoms with Crippen LogP contribution in [0.3, 0.4) is 0 Å². The monoisotopic (exact) mass is 251 g/mol. The molecule has 2 aromatic heterocycles. The number of imidazole rings is 1. The summed E-state index contributed by atoms with van der Waals surface area (Å²) in [5.74, 6) is 1.60. The van der Waals surface area contributed by atoms with Crippen LogP contribution in [0.15, 0.2) is 18.5 Å². The van der Waals surface area contributed by atoms with Crippen molar-refractivity contribution < 1.29 is 0 Å². The van der Waals surface area contributed by atoms with Crippen molar-refractivity contribution >= 4 is 17.4 Å². The van der Waals surface area contributed by atoms with Gasteiger partial charge in [0.25, 0.3) is 0 Å². The number of hydrogen-bond donors (Lipinski definition) is 2. The molecule has 1 atom stereocenters. The van der Waals surface area contributed by atoms with Crippen molar-refractivity contribution in [3.63, 3.8) is 0 Å². The smallest absolute Gasteiger partial charge is 0.224 e. The van der Waals surface area contributed by atoms with Crippen molar-refractivity contribution in [2.24, 2.45) is 0 Å². The largest absolute Gasteiger partial charge is 0.360 e. The van der Waals surface area contributed by atoms with Crippen molar-refractivity contribution in [1.82, 2.24) is 19.9 Å². The lowest BCUT2D eigenvalue weighted by atomic mass is 10.2. The third-order valence-electron chi connectivity index (χ3n) is 2.41. The number of halogens is 1. The first-order valence-electron chi connectivity index (χ1n) is 5.46. The lowest BCUT2D eigenvalue weighted by molar-refractivity contribution is 0.699. The summed E-state index contributed by atoms with van der Waals surface area (Å²) in [6, 6.07) is 1.95. The van der Waals surface area contributed by atoms with Crippen LogP contribution in [-0.2, 0) is 0 Å². The first-order valence-corrected chi connectivity index (χ1v) is 5.84. The minimum Gasteiger partial charge on any atom is -0.360 e. The van der Waals surface area contributed by atoms with E-state index in [1.165, 1.54) is 0 Å². The average molecular weight is 252 g/mol. The highest BCUT2D eigenvalue weighted by molar-refractivity contribution is 6.28. The van der Waals surface area contributed by atoms with Gasteiger partial charge in [0.2, 0.25) is 5.28 Å². The molecule has 0 radical (unpaired) electrons. The first kappa shape index (κ1) is 11.9. The molecule has 0 bridgehead atoms. The highest BCUT2D eigenvalue weighted by Crippen LogP contribution is 2.19. The molecule has 2 heterocycles. The van der Waals surface area contributed by atoms with Crippen LogP contribution in [0.2, 0.25) is 5.28 Å². The van der Waals surface area contributed by atoms with Crippen molar-refractivity contribution in [2.75, 3.05) is 5.32 Å². The topological polar surface area (TPSA) is 66.5 Å². The maximum atomic E-state index is 5.82. The second-order valence-electron chi connectivity index (χ2n) is 3.74. The van der Waals surface area contributed by atoms with Crippen LogP contribution in [-0.4, -0.2) is 19.9 Å². The summed E-state index contributed by atoms with van der Waals surface area (Å²) in [4.78, 5) is 15.5. The average Bonchev–Trinajstić information content (AvgIpc) is 2.77. The number of aromatic amines is 1. The molecular formula is C11H14ClN5. The fraction of sp³-hybridized carbons (Fsp3) is 0.364. The van der Waals surface area contributed by atoms with E-state index in [-0.39, 0.29) is 11.3 Å². The van der Waals surface area contributed by atoms with Crippen LogP contribution in [0.25, 0.3) is 0 Å². The standard InChI is InChI=1S/C11H14ClN5/c1-3-8(10-13-4-5-14-10)16-9-6-7(2)15-11(12)17-9/h4-6,8H,3H2,1-2H3,(H,13,14)(H,15,16,17). The van der Waals surface area contributed by atoms with E-state index in [0.29, 0.717) is 5.82 Å². The Balaban J connectivity index is 2.18. The van der Waals surface area contributed by atoms with Gasteiger partial charge >= 0.3 is 0 Å². The van der Waals surface area contributed by atoms with Crippen LogP contribution in [0.1, 0.15) is 30.9 Å². The van der Waals surface area contributed by atoms with Crippen molar-refractivity contribution in [3.05, 3.63) is 35.3 Å². The van der Waals surface area contributed by atoms with Gasteiger partial charge < -0.3 is 10.3 Å². The minimum atomic E-state index is 0.0929. The molecule has 0 aliphatic rings. The fourth-order valence-electron chi connectivity index (χ4n) is 1.62. The molecule has 2 N–H and O–H groups in total. The third kappa shape index (κ3) is 2.94. The highest BCUT2D eigenvalue weighted by atomic mass is 35.5. The number of aryl methyl sites for hydroxylation is 1. The molecule has 1 unspecified atom stereocenters. The molecule has 0 spiro atoms. The quantitative estimate of drug-likeness (QED) is 0.820. The van der Waals surface area contributed by atoms with Gasteiger partial charge in [0.1, 0.15) is 11.6 Å². The summed E-state index contributed by atoms with van der Waals surface area (Å²) in [6.07, 6.45) is 4.43. The molecule has 0 amide bonds. The summed E-state index contributed by atoms with van der Waals surface area (Å²) in [6.45, 7) is 3.96. The molecule has 0 saturated heterocycles. The number of nitrogens with one attached hydrogen (secondary N) is 2. The van der Waals surface area contributed by atoms with Crippen molar-refractivity contribution in [1.29, 1.82) is 0 Å². The number of H-pyrrole nitrogens is 1. The maximum absolute atomic E-state index is 5.82. The molecule has 2 rings (SSSR count). The Morgan fingerprint density at radius 2 is 2.29 bits per heavy atom. The Morgan fingerprint density at radius 3 is 2.88 bits per heavy atom.